The topological polar surface area (TPSA) is 187 Å². The summed E-state index contributed by atoms with van der Waals surface area (Å²) in [6, 6.07) is 0. The second kappa shape index (κ2) is 21.2. The Labute approximate surface area is 318 Å². The minimum atomic E-state index is -1.29. The summed E-state index contributed by atoms with van der Waals surface area (Å²) in [5.41, 5.74) is 0. The third kappa shape index (κ3) is 12.7. The second-order valence-electron chi connectivity index (χ2n) is 14.5. The highest BCUT2D eigenvalue weighted by Gasteiger charge is 2.54. The van der Waals surface area contributed by atoms with Crippen molar-refractivity contribution in [2.45, 2.75) is 144 Å². The highest BCUT2D eigenvalue weighted by molar-refractivity contribution is 5.67. The molecular formula is C38H60O16. The van der Waals surface area contributed by atoms with E-state index in [-0.39, 0.29) is 44.2 Å². The van der Waals surface area contributed by atoms with Gasteiger partial charge in [-0.3, -0.25) is 24.0 Å². The number of unbranched alkanes of at least 4 members (excludes halogenated alkanes) is 1. The molecular weight excluding hydrogens is 712 g/mol. The van der Waals surface area contributed by atoms with Crippen molar-refractivity contribution in [1.82, 2.24) is 0 Å². The number of rotatable bonds is 17. The first kappa shape index (κ1) is 45.2. The van der Waals surface area contributed by atoms with E-state index in [9.17, 15) is 24.0 Å². The first-order chi connectivity index (χ1) is 25.4. The smallest absolute Gasteiger partial charge is 0.303 e. The highest BCUT2D eigenvalue weighted by atomic mass is 16.8. The lowest BCUT2D eigenvalue weighted by atomic mass is 9.79. The van der Waals surface area contributed by atoms with Crippen molar-refractivity contribution in [2.75, 3.05) is 26.4 Å². The fourth-order valence-corrected chi connectivity index (χ4v) is 7.01. The predicted octanol–water partition coefficient (Wildman–Crippen LogP) is 3.65. The fraction of sp³-hybridized carbons (Fsp3) is 0.816. The van der Waals surface area contributed by atoms with Gasteiger partial charge in [0.05, 0.1) is 24.9 Å². The van der Waals surface area contributed by atoms with E-state index in [0.717, 1.165) is 0 Å². The summed E-state index contributed by atoms with van der Waals surface area (Å²) in [5, 5.41) is 0. The Balaban J connectivity index is 1.97. The Kier molecular flexibility index (Phi) is 17.8. The first-order valence-corrected chi connectivity index (χ1v) is 18.7. The predicted molar refractivity (Wildman–Crippen MR) is 188 cm³/mol. The lowest BCUT2D eigenvalue weighted by Crippen LogP contribution is -2.63. The molecule has 0 radical (unpaired) electrons. The van der Waals surface area contributed by atoms with Crippen LogP contribution in [-0.4, -0.2) is 118 Å². The van der Waals surface area contributed by atoms with Gasteiger partial charge >= 0.3 is 29.8 Å². The number of carbonyl (C=O) groups excluding carboxylic acids is 5. The molecule has 0 saturated carbocycles. The Morgan fingerprint density at radius 2 is 0.944 bits per heavy atom. The molecule has 3 fully saturated rings. The molecule has 3 aliphatic heterocycles. The van der Waals surface area contributed by atoms with E-state index in [2.05, 4.69) is 13.5 Å². The largest absolute Gasteiger partial charge is 0.463 e. The molecule has 16 heteroatoms. The van der Waals surface area contributed by atoms with Gasteiger partial charge in [0, 0.05) is 52.4 Å². The molecule has 0 aliphatic carbocycles. The van der Waals surface area contributed by atoms with Gasteiger partial charge in [0.25, 0.3) is 0 Å². The van der Waals surface area contributed by atoms with Gasteiger partial charge < -0.3 is 52.1 Å². The number of allylic oxidation sites excluding steroid dienone is 1. The lowest BCUT2D eigenvalue weighted by molar-refractivity contribution is -0.364. The number of esters is 5. The van der Waals surface area contributed by atoms with Crippen molar-refractivity contribution < 1.29 is 76.1 Å². The lowest BCUT2D eigenvalue weighted by Gasteiger charge is -2.50. The zero-order valence-electron chi connectivity index (χ0n) is 33.2. The van der Waals surface area contributed by atoms with Crippen molar-refractivity contribution in [3.8, 4) is 0 Å². The molecule has 0 aromatic heterocycles. The first-order valence-electron chi connectivity index (χ1n) is 18.7. The maximum absolute atomic E-state index is 12.6. The van der Waals surface area contributed by atoms with Crippen LogP contribution < -0.4 is 0 Å². The van der Waals surface area contributed by atoms with Crippen molar-refractivity contribution in [3.63, 3.8) is 0 Å². The minimum Gasteiger partial charge on any atom is -0.463 e. The summed E-state index contributed by atoms with van der Waals surface area (Å²) in [7, 11) is 0. The summed E-state index contributed by atoms with van der Waals surface area (Å²) in [5.74, 6) is -4.00. The zero-order valence-corrected chi connectivity index (χ0v) is 33.2. The van der Waals surface area contributed by atoms with Gasteiger partial charge in [-0.05, 0) is 24.7 Å². The van der Waals surface area contributed by atoms with E-state index in [4.69, 9.17) is 52.1 Å². The SMILES string of the molecule is C=CCCCO[C@@H]1OC(COC(C)=O)[C@@H](O[C@@H]2OC(COC(C)=O)[C@H](O[C@H]3OC(COC(C)=O)[C@H](C)[C@H](C)C3C)[C@H](C)C2OC(C)=O)[C@H](C)C1OC(C)=O. The molecule has 0 aromatic carbocycles. The third-order valence-electron chi connectivity index (χ3n) is 10.3. The van der Waals surface area contributed by atoms with E-state index >= 15 is 0 Å². The average molecular weight is 773 g/mol. The van der Waals surface area contributed by atoms with Crippen LogP contribution in [0.1, 0.15) is 82.1 Å². The van der Waals surface area contributed by atoms with Gasteiger partial charge in [-0.1, -0.05) is 40.7 Å². The van der Waals surface area contributed by atoms with Crippen LogP contribution in [0.4, 0.5) is 0 Å². The summed E-state index contributed by atoms with van der Waals surface area (Å²) in [6.45, 7) is 19.6. The van der Waals surface area contributed by atoms with Crippen molar-refractivity contribution in [2.24, 2.45) is 29.6 Å². The maximum atomic E-state index is 12.6. The van der Waals surface area contributed by atoms with Gasteiger partial charge in [-0.25, -0.2) is 0 Å². The Bertz CT molecular complexity index is 1270. The molecule has 6 unspecified atom stereocenters. The maximum Gasteiger partial charge on any atom is 0.303 e. The van der Waals surface area contributed by atoms with Crippen LogP contribution in [-0.2, 0) is 76.1 Å². The molecule has 0 bridgehead atoms. The third-order valence-corrected chi connectivity index (χ3v) is 10.3. The van der Waals surface area contributed by atoms with Crippen molar-refractivity contribution >= 4 is 29.8 Å². The molecule has 0 N–H and O–H groups in total. The van der Waals surface area contributed by atoms with Crippen molar-refractivity contribution in [1.29, 1.82) is 0 Å². The standard InChI is InChI=1S/C38H60O16/c1-12-13-14-15-44-37-34(48-27(10)42)22(5)33(30(51-37)17-46-25(8)40)54-38-35(49-28(11)43)23(6)32(31(52-38)18-47-26(9)41)53-36-21(4)19(2)20(3)29(50-36)16-45-24(7)39/h12,19-23,29-38H,1,13-18H2,2-11H3/t19-,20+,21?,22-,23-,29?,30?,31?,32+,33-,34?,35?,36+,37+,38-/m0/s1. The number of carbonyl (C=O) groups is 5. The monoisotopic (exact) mass is 772 g/mol. The number of hydrogen-bond acceptors (Lipinski definition) is 16. The summed E-state index contributed by atoms with van der Waals surface area (Å²) < 4.78 is 66.0. The number of ether oxygens (including phenoxy) is 11. The summed E-state index contributed by atoms with van der Waals surface area (Å²) in [4.78, 5) is 60.5. The fourth-order valence-electron chi connectivity index (χ4n) is 7.01. The van der Waals surface area contributed by atoms with E-state index in [1.807, 2.05) is 13.8 Å². The molecule has 0 spiro atoms. The second-order valence-corrected chi connectivity index (χ2v) is 14.5. The molecule has 0 amide bonds. The molecule has 3 rings (SSSR count). The van der Waals surface area contributed by atoms with Crippen LogP contribution in [0.15, 0.2) is 12.7 Å². The van der Waals surface area contributed by atoms with E-state index in [1.54, 1.807) is 19.9 Å². The molecule has 3 heterocycles. The van der Waals surface area contributed by atoms with Gasteiger partial charge in [0.1, 0.15) is 32.0 Å². The van der Waals surface area contributed by atoms with Gasteiger partial charge in [-0.2, -0.15) is 0 Å². The molecule has 3 saturated heterocycles. The average Bonchev–Trinajstić information content (AvgIpc) is 3.09. The van der Waals surface area contributed by atoms with Gasteiger partial charge in [-0.15, -0.1) is 6.58 Å². The van der Waals surface area contributed by atoms with E-state index in [0.29, 0.717) is 12.8 Å². The normalized spacial score (nSPS) is 36.7. The molecule has 308 valence electrons. The summed E-state index contributed by atoms with van der Waals surface area (Å²) in [6.07, 6.45) is -6.20. The van der Waals surface area contributed by atoms with E-state index < -0.39 is 103 Å². The number of hydrogen-bond donors (Lipinski definition) is 0. The quantitative estimate of drug-likeness (QED) is 0.0902. The van der Waals surface area contributed by atoms with Crippen LogP contribution in [0.5, 0.6) is 0 Å². The van der Waals surface area contributed by atoms with Crippen LogP contribution in [0.25, 0.3) is 0 Å². The Morgan fingerprint density at radius 3 is 1.41 bits per heavy atom. The molecule has 0 aromatic rings. The van der Waals surface area contributed by atoms with E-state index in [1.165, 1.54) is 34.6 Å². The van der Waals surface area contributed by atoms with Crippen LogP contribution in [0.2, 0.25) is 0 Å². The molecule has 16 nitrogen and oxygen atoms in total. The highest BCUT2D eigenvalue weighted by Crippen LogP contribution is 2.41. The minimum absolute atomic E-state index is 0.0372. The van der Waals surface area contributed by atoms with Crippen LogP contribution >= 0.6 is 0 Å². The molecule has 15 atom stereocenters. The molecule has 3 aliphatic rings. The Hall–Kier alpha value is -3.15. The van der Waals surface area contributed by atoms with Crippen molar-refractivity contribution in [3.05, 3.63) is 12.7 Å². The van der Waals surface area contributed by atoms with Crippen LogP contribution in [0.3, 0.4) is 0 Å². The summed E-state index contributed by atoms with van der Waals surface area (Å²) >= 11 is 0. The molecule has 54 heavy (non-hydrogen) atoms. The van der Waals surface area contributed by atoms with Gasteiger partial charge in [0.15, 0.2) is 31.1 Å². The Morgan fingerprint density at radius 1 is 0.519 bits per heavy atom. The van der Waals surface area contributed by atoms with Gasteiger partial charge in [0.2, 0.25) is 0 Å². The zero-order chi connectivity index (χ0) is 40.3. The van der Waals surface area contributed by atoms with Crippen LogP contribution in [0, 0.1) is 29.6 Å².